The number of hydrogen-bond acceptors (Lipinski definition) is 7. The van der Waals surface area contributed by atoms with Crippen molar-refractivity contribution >= 4 is 28.6 Å². The van der Waals surface area contributed by atoms with Gasteiger partial charge < -0.3 is 24.6 Å². The summed E-state index contributed by atoms with van der Waals surface area (Å²) in [5.74, 6) is 0.895. The summed E-state index contributed by atoms with van der Waals surface area (Å²) in [4.78, 5) is 33.9. The lowest BCUT2D eigenvalue weighted by Crippen LogP contribution is -2.45. The number of nitrogens with one attached hydrogen (secondary N) is 1. The molecule has 41 heavy (non-hydrogen) atoms. The van der Waals surface area contributed by atoms with Gasteiger partial charge in [-0.15, -0.1) is 0 Å². The molecule has 10 nitrogen and oxygen atoms in total. The van der Waals surface area contributed by atoms with Gasteiger partial charge in [-0.05, 0) is 77.5 Å². The van der Waals surface area contributed by atoms with E-state index >= 15 is 0 Å². The number of anilines is 1. The van der Waals surface area contributed by atoms with Crippen LogP contribution in [-0.2, 0) is 4.74 Å². The van der Waals surface area contributed by atoms with Gasteiger partial charge in [0.05, 0.1) is 24.4 Å². The maximum Gasteiger partial charge on any atom is 0.410 e. The van der Waals surface area contributed by atoms with Gasteiger partial charge in [-0.2, -0.15) is 5.10 Å². The Labute approximate surface area is 242 Å². The lowest BCUT2D eigenvalue weighted by Gasteiger charge is -2.38. The van der Waals surface area contributed by atoms with E-state index in [2.05, 4.69) is 26.1 Å². The van der Waals surface area contributed by atoms with Crippen molar-refractivity contribution in [2.24, 2.45) is 5.92 Å². The number of fused-ring (bicyclic) bond motifs is 1. The van der Waals surface area contributed by atoms with Crippen molar-refractivity contribution in [1.29, 1.82) is 0 Å². The van der Waals surface area contributed by atoms with Crippen molar-refractivity contribution in [2.75, 3.05) is 45.2 Å². The molecule has 5 rings (SSSR count). The van der Waals surface area contributed by atoms with Crippen LogP contribution >= 0.6 is 0 Å². The van der Waals surface area contributed by atoms with E-state index < -0.39 is 5.60 Å². The minimum Gasteiger partial charge on any atom is -0.494 e. The second kappa shape index (κ2) is 12.1. The fraction of sp³-hybridized carbons (Fsp3) is 0.548. The van der Waals surface area contributed by atoms with Gasteiger partial charge >= 0.3 is 6.09 Å². The van der Waals surface area contributed by atoms with Crippen LogP contribution in [0.2, 0.25) is 0 Å². The Morgan fingerprint density at radius 3 is 2.44 bits per heavy atom. The molecule has 10 heteroatoms. The number of aryl methyl sites for hydroxylation is 1. The Kier molecular flexibility index (Phi) is 8.49. The van der Waals surface area contributed by atoms with E-state index in [1.807, 2.05) is 56.9 Å². The molecule has 2 fully saturated rings. The van der Waals surface area contributed by atoms with Crippen LogP contribution in [0.5, 0.6) is 5.75 Å². The van der Waals surface area contributed by atoms with Gasteiger partial charge in [0.15, 0.2) is 0 Å². The first-order chi connectivity index (χ1) is 19.6. The molecule has 3 aromatic rings. The van der Waals surface area contributed by atoms with Gasteiger partial charge in [-0.1, -0.05) is 6.07 Å². The summed E-state index contributed by atoms with van der Waals surface area (Å²) >= 11 is 0. The highest BCUT2D eigenvalue weighted by molar-refractivity contribution is 6.05. The Balaban J connectivity index is 1.15. The second-order valence-corrected chi connectivity index (χ2v) is 12.3. The number of carbonyl (C=O) groups excluding carboxylic acids is 2. The van der Waals surface area contributed by atoms with Crippen molar-refractivity contribution < 1.29 is 19.1 Å². The van der Waals surface area contributed by atoms with Gasteiger partial charge in [-0.25, -0.2) is 9.78 Å². The normalized spacial score (nSPS) is 17.5. The van der Waals surface area contributed by atoms with Gasteiger partial charge in [0, 0.05) is 56.1 Å². The number of likely N-dealkylation sites (tertiary alicyclic amines) is 2. The van der Waals surface area contributed by atoms with Crippen molar-refractivity contribution in [3.8, 4) is 5.75 Å². The fourth-order valence-electron chi connectivity index (χ4n) is 5.74. The first-order valence-electron chi connectivity index (χ1n) is 14.6. The third kappa shape index (κ3) is 7.16. The predicted molar refractivity (Wildman–Crippen MR) is 158 cm³/mol. The third-order valence-electron chi connectivity index (χ3n) is 7.93. The van der Waals surface area contributed by atoms with E-state index in [4.69, 9.17) is 14.6 Å². The molecule has 4 heterocycles. The molecule has 1 N–H and O–H groups in total. The van der Waals surface area contributed by atoms with Crippen LogP contribution in [0.3, 0.4) is 0 Å². The molecule has 0 aliphatic carbocycles. The van der Waals surface area contributed by atoms with Crippen LogP contribution in [0.1, 0.15) is 68.7 Å². The number of aromatic nitrogens is 3. The number of amides is 2. The minimum absolute atomic E-state index is 0.196. The summed E-state index contributed by atoms with van der Waals surface area (Å²) in [6.45, 7) is 12.3. The summed E-state index contributed by atoms with van der Waals surface area (Å²) in [5.41, 5.74) is 2.13. The van der Waals surface area contributed by atoms with Crippen molar-refractivity contribution in [3.63, 3.8) is 0 Å². The molecule has 220 valence electrons. The fourth-order valence-corrected chi connectivity index (χ4v) is 5.74. The van der Waals surface area contributed by atoms with E-state index in [1.165, 1.54) is 0 Å². The molecule has 0 radical (unpaired) electrons. The largest absolute Gasteiger partial charge is 0.494 e. The number of carbonyl (C=O) groups is 2. The molecule has 0 spiro atoms. The smallest absolute Gasteiger partial charge is 0.410 e. The summed E-state index contributed by atoms with van der Waals surface area (Å²) in [7, 11) is 1.59. The van der Waals surface area contributed by atoms with E-state index in [1.54, 1.807) is 13.2 Å². The highest BCUT2D eigenvalue weighted by atomic mass is 16.6. The monoisotopic (exact) mass is 562 g/mol. The Bertz CT molecular complexity index is 1380. The SMILES string of the molecule is COc1cc2nn(C3CCN(CC4CCN(C(=O)OC(C)(C)C)CC4)CC3)cc2cc1NC(=O)c1cccc(C)n1. The summed E-state index contributed by atoms with van der Waals surface area (Å²) in [6, 6.07) is 9.51. The zero-order chi connectivity index (χ0) is 29.1. The average molecular weight is 563 g/mol. The number of rotatable bonds is 6. The van der Waals surface area contributed by atoms with Crippen LogP contribution in [0.25, 0.3) is 10.9 Å². The lowest BCUT2D eigenvalue weighted by molar-refractivity contribution is 0.0164. The van der Waals surface area contributed by atoms with Gasteiger partial charge in [0.1, 0.15) is 17.0 Å². The summed E-state index contributed by atoms with van der Waals surface area (Å²) in [6.07, 6.45) is 5.98. The molecular formula is C31H42N6O4. The molecule has 2 amide bonds. The van der Waals surface area contributed by atoms with Crippen molar-refractivity contribution in [1.82, 2.24) is 24.6 Å². The highest BCUT2D eigenvalue weighted by Crippen LogP contribution is 2.32. The zero-order valence-corrected chi connectivity index (χ0v) is 24.9. The maximum atomic E-state index is 12.8. The van der Waals surface area contributed by atoms with Crippen LogP contribution < -0.4 is 10.1 Å². The van der Waals surface area contributed by atoms with Gasteiger partial charge in [0.2, 0.25) is 0 Å². The molecule has 0 atom stereocenters. The number of pyridine rings is 1. The van der Waals surface area contributed by atoms with Crippen LogP contribution in [0.15, 0.2) is 36.5 Å². The molecule has 2 aromatic heterocycles. The summed E-state index contributed by atoms with van der Waals surface area (Å²) in [5, 5.41) is 8.78. The van der Waals surface area contributed by atoms with Crippen LogP contribution in [0.4, 0.5) is 10.5 Å². The Morgan fingerprint density at radius 1 is 1.05 bits per heavy atom. The Hall–Kier alpha value is -3.66. The quantitative estimate of drug-likeness (QED) is 0.436. The molecule has 0 saturated carbocycles. The minimum atomic E-state index is -0.456. The molecule has 0 bridgehead atoms. The molecule has 2 saturated heterocycles. The maximum absolute atomic E-state index is 12.8. The van der Waals surface area contributed by atoms with E-state index in [0.29, 0.717) is 29.1 Å². The molecule has 2 aliphatic rings. The Morgan fingerprint density at radius 2 is 1.78 bits per heavy atom. The number of ether oxygens (including phenoxy) is 2. The molecular weight excluding hydrogens is 520 g/mol. The molecule has 0 unspecified atom stereocenters. The molecule has 2 aliphatic heterocycles. The van der Waals surface area contributed by atoms with Gasteiger partial charge in [-0.3, -0.25) is 9.48 Å². The van der Waals surface area contributed by atoms with E-state index in [-0.39, 0.29) is 12.0 Å². The van der Waals surface area contributed by atoms with Crippen LogP contribution in [-0.4, -0.2) is 82.0 Å². The average Bonchev–Trinajstić information content (AvgIpc) is 3.35. The van der Waals surface area contributed by atoms with E-state index in [0.717, 1.165) is 75.0 Å². The number of benzene rings is 1. The first-order valence-corrected chi connectivity index (χ1v) is 14.6. The van der Waals surface area contributed by atoms with Crippen LogP contribution in [0, 0.1) is 12.8 Å². The van der Waals surface area contributed by atoms with E-state index in [9.17, 15) is 9.59 Å². The number of hydrogen-bond donors (Lipinski definition) is 1. The number of nitrogens with zero attached hydrogens (tertiary/aromatic N) is 5. The molecule has 1 aromatic carbocycles. The first kappa shape index (κ1) is 28.9. The van der Waals surface area contributed by atoms with Gasteiger partial charge in [0.25, 0.3) is 5.91 Å². The number of methoxy groups -OCH3 is 1. The third-order valence-corrected chi connectivity index (χ3v) is 7.93. The topological polar surface area (TPSA) is 102 Å². The lowest BCUT2D eigenvalue weighted by atomic mass is 9.95. The van der Waals surface area contributed by atoms with Crippen molar-refractivity contribution in [2.45, 2.75) is 65.0 Å². The van der Waals surface area contributed by atoms with Crippen molar-refractivity contribution in [3.05, 3.63) is 47.9 Å². The number of piperidine rings is 2. The summed E-state index contributed by atoms with van der Waals surface area (Å²) < 4.78 is 13.2. The predicted octanol–water partition coefficient (Wildman–Crippen LogP) is 5.28. The second-order valence-electron chi connectivity index (χ2n) is 12.3. The zero-order valence-electron chi connectivity index (χ0n) is 24.9. The standard InChI is InChI=1S/C31H42N6O4/c1-21-7-6-8-25(32-21)29(38)33-27-17-23-20-37(34-26(23)18-28(27)40-5)24-11-13-35(14-12-24)19-22-9-15-36(16-10-22)30(39)41-31(2,3)4/h6-8,17-18,20,22,24H,9-16,19H2,1-5H3,(H,33,38). The highest BCUT2D eigenvalue weighted by Gasteiger charge is 2.29.